The predicted molar refractivity (Wildman–Crippen MR) is 161 cm³/mol. The standard InChI is InChI=1S/C32H44BNO8S/c1-29(2,3)40-28(36)34-20-14-37-15-22(20)43-21-10-9-17(26-25(21)27(35)39-31(6,7)38-26)18-13-19(18)33-41-24-12-16-11-23(30(16,4)5)32(24,8)42-33/h9-10,16,18-20,22-24H,11-15H2,1-8H3,(H,34,36)/t16-,18+,19+,20-,22+,23-,24?,32-/m0/s1. The van der Waals surface area contributed by atoms with Crippen molar-refractivity contribution in [2.75, 3.05) is 13.2 Å². The van der Waals surface area contributed by atoms with E-state index in [-0.39, 0.29) is 41.9 Å². The van der Waals surface area contributed by atoms with Crippen LogP contribution in [0.3, 0.4) is 0 Å². The van der Waals surface area contributed by atoms with Crippen molar-refractivity contribution in [2.24, 2.45) is 17.3 Å². The summed E-state index contributed by atoms with van der Waals surface area (Å²) < 4.78 is 36.7. The zero-order valence-electron chi connectivity index (χ0n) is 26.5. The highest BCUT2D eigenvalue weighted by molar-refractivity contribution is 8.00. The molecule has 234 valence electrons. The lowest BCUT2D eigenvalue weighted by Crippen LogP contribution is -2.65. The largest absolute Gasteiger partial charge is 0.461 e. The first-order valence-corrected chi connectivity index (χ1v) is 16.6. The fraction of sp³-hybridized carbons (Fsp3) is 0.750. The highest BCUT2D eigenvalue weighted by atomic mass is 32.2. The van der Waals surface area contributed by atoms with Gasteiger partial charge in [0.05, 0.1) is 36.2 Å². The van der Waals surface area contributed by atoms with Crippen molar-refractivity contribution >= 4 is 30.9 Å². The summed E-state index contributed by atoms with van der Waals surface area (Å²) in [6.07, 6.45) is 2.86. The minimum absolute atomic E-state index is 0.112. The van der Waals surface area contributed by atoms with Crippen molar-refractivity contribution < 1.29 is 37.8 Å². The van der Waals surface area contributed by atoms with Crippen molar-refractivity contribution in [3.8, 4) is 5.75 Å². The Balaban J connectivity index is 1.11. The lowest BCUT2D eigenvalue weighted by Gasteiger charge is -2.64. The van der Waals surface area contributed by atoms with Crippen LogP contribution in [-0.2, 0) is 23.5 Å². The second-order valence-corrected chi connectivity index (χ2v) is 16.8. The Kier molecular flexibility index (Phi) is 6.76. The van der Waals surface area contributed by atoms with Crippen LogP contribution in [0, 0.1) is 17.3 Å². The number of rotatable bonds is 5. The number of carbonyl (C=O) groups excluding carboxylic acids is 2. The maximum Gasteiger partial charge on any atom is 0.461 e. The van der Waals surface area contributed by atoms with Crippen LogP contribution in [0.25, 0.3) is 0 Å². The van der Waals surface area contributed by atoms with E-state index in [2.05, 4.69) is 32.2 Å². The summed E-state index contributed by atoms with van der Waals surface area (Å²) in [6, 6.07) is 3.79. The van der Waals surface area contributed by atoms with Gasteiger partial charge in [-0.15, -0.1) is 11.8 Å². The van der Waals surface area contributed by atoms with Crippen molar-refractivity contribution in [3.63, 3.8) is 0 Å². The van der Waals surface area contributed by atoms with Gasteiger partial charge in [0.2, 0.25) is 5.79 Å². The van der Waals surface area contributed by atoms with Gasteiger partial charge >= 0.3 is 19.2 Å². The molecule has 0 aromatic heterocycles. The minimum atomic E-state index is -1.08. The summed E-state index contributed by atoms with van der Waals surface area (Å²) in [5.74, 6) is 0.692. The van der Waals surface area contributed by atoms with Crippen LogP contribution >= 0.6 is 11.8 Å². The number of hydrogen-bond acceptors (Lipinski definition) is 9. The summed E-state index contributed by atoms with van der Waals surface area (Å²) >= 11 is 1.50. The van der Waals surface area contributed by atoms with Gasteiger partial charge in [0.15, 0.2) is 0 Å². The molecule has 1 unspecified atom stereocenters. The van der Waals surface area contributed by atoms with Crippen LogP contribution in [0.5, 0.6) is 5.75 Å². The molecule has 3 aliphatic heterocycles. The van der Waals surface area contributed by atoms with Crippen LogP contribution in [0.2, 0.25) is 5.82 Å². The van der Waals surface area contributed by atoms with E-state index in [1.54, 1.807) is 13.8 Å². The SMILES string of the molecule is CC(C)(C)OC(=O)N[C@H]1COC[C@H]1Sc1ccc([C@H]2C[C@H]2B2OC3C[C@@H]4C[C@@H](C4(C)C)[C@]3(C)O2)c2c1C(=O)OC(C)(C)O2. The molecular weight excluding hydrogens is 569 g/mol. The van der Waals surface area contributed by atoms with Gasteiger partial charge in [-0.2, -0.15) is 0 Å². The maximum atomic E-state index is 13.5. The van der Waals surface area contributed by atoms with Crippen LogP contribution in [0.4, 0.5) is 4.79 Å². The third-order valence-corrected chi connectivity index (χ3v) is 12.0. The molecular formula is C32H44BNO8S. The smallest absolute Gasteiger partial charge is 0.452 e. The molecule has 3 heterocycles. The number of cyclic esters (lactones) is 1. The Hall–Kier alpha value is -1.95. The number of amides is 1. The molecule has 1 aromatic carbocycles. The predicted octanol–water partition coefficient (Wildman–Crippen LogP) is 5.94. The first-order valence-electron chi connectivity index (χ1n) is 15.7. The molecule has 43 heavy (non-hydrogen) atoms. The number of nitrogens with one attached hydrogen (secondary N) is 1. The number of hydrogen-bond donors (Lipinski definition) is 1. The Bertz CT molecular complexity index is 1350. The number of ether oxygens (including phenoxy) is 4. The van der Waals surface area contributed by atoms with E-state index in [0.29, 0.717) is 41.8 Å². The van der Waals surface area contributed by atoms with E-state index in [1.807, 2.05) is 26.8 Å². The monoisotopic (exact) mass is 613 g/mol. The van der Waals surface area contributed by atoms with Crippen molar-refractivity contribution in [3.05, 3.63) is 23.3 Å². The molecule has 1 N–H and O–H groups in total. The Morgan fingerprint density at radius 2 is 1.84 bits per heavy atom. The molecule has 4 aliphatic carbocycles. The molecule has 2 bridgehead atoms. The molecule has 7 aliphatic rings. The van der Waals surface area contributed by atoms with E-state index in [9.17, 15) is 9.59 Å². The van der Waals surface area contributed by atoms with Gasteiger partial charge in [0, 0.05) is 24.6 Å². The van der Waals surface area contributed by atoms with E-state index >= 15 is 0 Å². The molecule has 1 aromatic rings. The van der Waals surface area contributed by atoms with Gasteiger partial charge in [-0.3, -0.25) is 0 Å². The minimum Gasteiger partial charge on any atom is -0.452 e. The third kappa shape index (κ3) is 5.06. The van der Waals surface area contributed by atoms with Crippen molar-refractivity contribution in [2.45, 2.75) is 126 Å². The zero-order chi connectivity index (χ0) is 30.7. The number of fused-ring (bicyclic) bond motifs is 1. The molecule has 2 saturated heterocycles. The number of esters is 1. The summed E-state index contributed by atoms with van der Waals surface area (Å²) in [5.41, 5.74) is 0.886. The molecule has 4 saturated carbocycles. The van der Waals surface area contributed by atoms with Gasteiger partial charge < -0.3 is 33.6 Å². The Morgan fingerprint density at radius 3 is 2.56 bits per heavy atom. The van der Waals surface area contributed by atoms with E-state index < -0.39 is 23.5 Å². The van der Waals surface area contributed by atoms with Gasteiger partial charge in [0.25, 0.3) is 0 Å². The summed E-state index contributed by atoms with van der Waals surface area (Å²) in [6.45, 7) is 16.8. The van der Waals surface area contributed by atoms with Gasteiger partial charge in [0.1, 0.15) is 16.9 Å². The average molecular weight is 614 g/mol. The van der Waals surface area contributed by atoms with E-state index in [1.165, 1.54) is 18.2 Å². The van der Waals surface area contributed by atoms with Crippen LogP contribution in [0.1, 0.15) is 96.5 Å². The summed E-state index contributed by atoms with van der Waals surface area (Å²) in [5, 5.41) is 2.83. The summed E-state index contributed by atoms with van der Waals surface area (Å²) in [4.78, 5) is 26.7. The highest BCUT2D eigenvalue weighted by Crippen LogP contribution is 2.68. The molecule has 9 nitrogen and oxygen atoms in total. The topological polar surface area (TPSA) is 102 Å². The first kappa shape index (κ1) is 29.7. The second kappa shape index (κ2) is 9.78. The van der Waals surface area contributed by atoms with Gasteiger partial charge in [-0.1, -0.05) is 19.9 Å². The summed E-state index contributed by atoms with van der Waals surface area (Å²) in [7, 11) is -0.251. The van der Waals surface area contributed by atoms with Crippen LogP contribution < -0.4 is 10.1 Å². The quantitative estimate of drug-likeness (QED) is 0.319. The van der Waals surface area contributed by atoms with Crippen molar-refractivity contribution in [1.82, 2.24) is 5.32 Å². The van der Waals surface area contributed by atoms with Gasteiger partial charge in [-0.25, -0.2) is 9.59 Å². The molecule has 11 heteroatoms. The lowest BCUT2D eigenvalue weighted by molar-refractivity contribution is -0.199. The molecule has 0 radical (unpaired) electrons. The Labute approximate surface area is 258 Å². The number of benzene rings is 1. The van der Waals surface area contributed by atoms with Gasteiger partial charge in [-0.05, 0) is 81.8 Å². The molecule has 0 spiro atoms. The lowest BCUT2D eigenvalue weighted by atomic mass is 9.43. The van der Waals surface area contributed by atoms with Crippen molar-refractivity contribution in [1.29, 1.82) is 0 Å². The second-order valence-electron chi connectivity index (χ2n) is 15.5. The average Bonchev–Trinajstić information content (AvgIpc) is 3.41. The molecule has 6 fully saturated rings. The number of thioether (sulfide) groups is 1. The fourth-order valence-corrected chi connectivity index (χ4v) is 9.42. The molecule has 1 amide bonds. The molecule has 8 rings (SSSR count). The zero-order valence-corrected chi connectivity index (χ0v) is 27.3. The normalized spacial score (nSPS) is 38.3. The molecule has 8 atom stereocenters. The Morgan fingerprint density at radius 1 is 1.07 bits per heavy atom. The van der Waals surface area contributed by atoms with E-state index in [4.69, 9.17) is 28.3 Å². The van der Waals surface area contributed by atoms with Crippen LogP contribution in [0.15, 0.2) is 17.0 Å². The first-order chi connectivity index (χ1) is 20.1. The maximum absolute atomic E-state index is 13.5. The van der Waals surface area contributed by atoms with Crippen LogP contribution in [-0.4, -0.2) is 66.8 Å². The third-order valence-electron chi connectivity index (χ3n) is 10.6. The highest BCUT2D eigenvalue weighted by Gasteiger charge is 2.70. The fourth-order valence-electron chi connectivity index (χ4n) is 8.18. The number of alkyl carbamates (subject to hydrolysis) is 1. The number of carbonyl (C=O) groups is 2. The van der Waals surface area contributed by atoms with E-state index in [0.717, 1.165) is 23.3 Å².